The highest BCUT2D eigenvalue weighted by Gasteiger charge is 2.34. The molecule has 18 heavy (non-hydrogen) atoms. The number of rotatable bonds is 7. The van der Waals surface area contributed by atoms with E-state index in [4.69, 9.17) is 9.47 Å². The summed E-state index contributed by atoms with van der Waals surface area (Å²) in [7, 11) is 0. The van der Waals surface area contributed by atoms with E-state index in [9.17, 15) is 4.79 Å². The summed E-state index contributed by atoms with van der Waals surface area (Å²) in [5.74, 6) is 0.749. The van der Waals surface area contributed by atoms with Crippen molar-refractivity contribution in [3.05, 3.63) is 12.8 Å². The monoisotopic (exact) mass is 254 g/mol. The first-order valence-corrected chi connectivity index (χ1v) is 7.08. The van der Waals surface area contributed by atoms with Gasteiger partial charge in [-0.05, 0) is 31.1 Å². The number of ether oxygens (including phenoxy) is 2. The number of esters is 1. The molecule has 0 aromatic heterocycles. The summed E-state index contributed by atoms with van der Waals surface area (Å²) < 4.78 is 10.6. The normalized spacial score (nSPS) is 27.8. The second-order valence-electron chi connectivity index (χ2n) is 5.32. The van der Waals surface area contributed by atoms with Gasteiger partial charge in [-0.25, -0.2) is 0 Å². The van der Waals surface area contributed by atoms with Crippen LogP contribution >= 0.6 is 0 Å². The van der Waals surface area contributed by atoms with Crippen LogP contribution in [0.3, 0.4) is 0 Å². The fourth-order valence-corrected chi connectivity index (χ4v) is 2.58. The van der Waals surface area contributed by atoms with Gasteiger partial charge in [0.05, 0.1) is 18.8 Å². The van der Waals surface area contributed by atoms with Gasteiger partial charge in [-0.15, -0.1) is 0 Å². The maximum atomic E-state index is 11.9. The minimum Gasteiger partial charge on any atom is -0.435 e. The van der Waals surface area contributed by atoms with Crippen molar-refractivity contribution < 1.29 is 14.3 Å². The highest BCUT2D eigenvalue weighted by Crippen LogP contribution is 2.34. The topological polar surface area (TPSA) is 35.5 Å². The molecule has 3 heteroatoms. The largest absolute Gasteiger partial charge is 0.435 e. The van der Waals surface area contributed by atoms with Crippen LogP contribution in [0, 0.1) is 17.8 Å². The summed E-state index contributed by atoms with van der Waals surface area (Å²) in [6.45, 7) is 9.28. The lowest BCUT2D eigenvalue weighted by Gasteiger charge is -2.32. The van der Waals surface area contributed by atoms with Gasteiger partial charge < -0.3 is 9.47 Å². The first-order valence-electron chi connectivity index (χ1n) is 7.08. The third-order valence-electron chi connectivity index (χ3n) is 3.73. The van der Waals surface area contributed by atoms with E-state index in [-0.39, 0.29) is 11.9 Å². The fourth-order valence-electron chi connectivity index (χ4n) is 2.58. The molecule has 0 aliphatic heterocycles. The first kappa shape index (κ1) is 15.2. The molecule has 3 atom stereocenters. The van der Waals surface area contributed by atoms with Crippen molar-refractivity contribution in [3.8, 4) is 0 Å². The molecule has 0 radical (unpaired) electrons. The third-order valence-corrected chi connectivity index (χ3v) is 3.73. The Balaban J connectivity index is 2.45. The van der Waals surface area contributed by atoms with E-state index in [0.717, 1.165) is 32.3 Å². The molecule has 0 spiro atoms. The van der Waals surface area contributed by atoms with Crippen molar-refractivity contribution in [1.82, 2.24) is 0 Å². The number of hydrogen-bond donors (Lipinski definition) is 0. The van der Waals surface area contributed by atoms with E-state index in [1.807, 2.05) is 0 Å². The molecule has 0 N–H and O–H groups in total. The van der Waals surface area contributed by atoms with E-state index in [1.165, 1.54) is 12.7 Å². The molecule has 0 aromatic rings. The maximum Gasteiger partial charge on any atom is 0.314 e. The molecule has 1 aliphatic rings. The molecule has 0 bridgehead atoms. The van der Waals surface area contributed by atoms with Gasteiger partial charge in [0, 0.05) is 6.61 Å². The lowest BCUT2D eigenvalue weighted by Crippen LogP contribution is -2.33. The Morgan fingerprint density at radius 2 is 2.22 bits per heavy atom. The maximum absolute atomic E-state index is 11.9. The van der Waals surface area contributed by atoms with Gasteiger partial charge >= 0.3 is 5.97 Å². The van der Waals surface area contributed by atoms with Crippen molar-refractivity contribution in [2.75, 3.05) is 13.2 Å². The van der Waals surface area contributed by atoms with Crippen LogP contribution in [0.5, 0.6) is 0 Å². The molecule has 104 valence electrons. The van der Waals surface area contributed by atoms with Gasteiger partial charge in [-0.1, -0.05) is 33.3 Å². The summed E-state index contributed by atoms with van der Waals surface area (Å²) in [4.78, 5) is 11.9. The van der Waals surface area contributed by atoms with Crippen molar-refractivity contribution in [2.24, 2.45) is 17.8 Å². The molecule has 3 nitrogen and oxygen atoms in total. The molecular formula is C15H26O3. The van der Waals surface area contributed by atoms with Gasteiger partial charge in [0.15, 0.2) is 0 Å². The van der Waals surface area contributed by atoms with Gasteiger partial charge in [-0.3, -0.25) is 4.79 Å². The Kier molecular flexibility index (Phi) is 7.02. The van der Waals surface area contributed by atoms with Crippen molar-refractivity contribution >= 4 is 5.97 Å². The van der Waals surface area contributed by atoms with Crippen LogP contribution in [0.1, 0.15) is 46.0 Å². The molecule has 3 unspecified atom stereocenters. The van der Waals surface area contributed by atoms with Crippen molar-refractivity contribution in [1.29, 1.82) is 0 Å². The number of unbranched alkanes of at least 4 members (excludes halogenated alkanes) is 1. The first-order chi connectivity index (χ1) is 8.69. The van der Waals surface area contributed by atoms with Gasteiger partial charge in [0.1, 0.15) is 0 Å². The zero-order chi connectivity index (χ0) is 13.4. The summed E-state index contributed by atoms with van der Waals surface area (Å²) in [6, 6.07) is 0. The van der Waals surface area contributed by atoms with Gasteiger partial charge in [0.25, 0.3) is 0 Å². The molecule has 1 rings (SSSR count). The lowest BCUT2D eigenvalue weighted by atomic mass is 9.75. The molecule has 1 fully saturated rings. The minimum atomic E-state index is -0.138. The second kappa shape index (κ2) is 8.30. The standard InChI is InChI=1S/C15H26O3/c1-4-6-9-17-11-13-8-7-12(3)10-14(13)15(16)18-5-2/h5,12-14H,2,4,6-11H2,1,3H3. The SMILES string of the molecule is C=COC(=O)C1CC(C)CCC1COCCCC. The number of carbonyl (C=O) groups is 1. The minimum absolute atomic E-state index is 0.0200. The Labute approximate surface area is 111 Å². The van der Waals surface area contributed by atoms with Crippen molar-refractivity contribution in [3.63, 3.8) is 0 Å². The average molecular weight is 254 g/mol. The Bertz CT molecular complexity index is 262. The third kappa shape index (κ3) is 4.81. The Morgan fingerprint density at radius 1 is 1.44 bits per heavy atom. The van der Waals surface area contributed by atoms with Gasteiger partial charge in [-0.2, -0.15) is 0 Å². The van der Waals surface area contributed by atoms with Crippen LogP contribution in [-0.2, 0) is 14.3 Å². The van der Waals surface area contributed by atoms with Crippen molar-refractivity contribution in [2.45, 2.75) is 46.0 Å². The smallest absolute Gasteiger partial charge is 0.314 e. The van der Waals surface area contributed by atoms with Crippen LogP contribution in [0.4, 0.5) is 0 Å². The van der Waals surface area contributed by atoms with Crippen LogP contribution in [-0.4, -0.2) is 19.2 Å². The number of carbonyl (C=O) groups excluding carboxylic acids is 1. The molecule has 0 heterocycles. The lowest BCUT2D eigenvalue weighted by molar-refractivity contribution is -0.147. The molecule has 0 saturated heterocycles. The predicted octanol–water partition coefficient (Wildman–Crippen LogP) is 3.54. The summed E-state index contributed by atoms with van der Waals surface area (Å²) >= 11 is 0. The predicted molar refractivity (Wildman–Crippen MR) is 72.0 cm³/mol. The average Bonchev–Trinajstić information content (AvgIpc) is 2.36. The summed E-state index contributed by atoms with van der Waals surface area (Å²) in [6.07, 6.45) is 6.61. The van der Waals surface area contributed by atoms with E-state index in [0.29, 0.717) is 18.4 Å². The van der Waals surface area contributed by atoms with E-state index in [2.05, 4.69) is 20.4 Å². The van der Waals surface area contributed by atoms with E-state index < -0.39 is 0 Å². The molecule has 1 saturated carbocycles. The quantitative estimate of drug-likeness (QED) is 0.396. The highest BCUT2D eigenvalue weighted by molar-refractivity contribution is 5.73. The van der Waals surface area contributed by atoms with E-state index in [1.54, 1.807) is 0 Å². The Morgan fingerprint density at radius 3 is 2.89 bits per heavy atom. The van der Waals surface area contributed by atoms with Crippen LogP contribution < -0.4 is 0 Å². The number of hydrogen-bond acceptors (Lipinski definition) is 3. The summed E-state index contributed by atoms with van der Waals surface area (Å²) in [5, 5.41) is 0. The fraction of sp³-hybridized carbons (Fsp3) is 0.800. The van der Waals surface area contributed by atoms with Crippen LogP contribution in [0.25, 0.3) is 0 Å². The molecular weight excluding hydrogens is 228 g/mol. The van der Waals surface area contributed by atoms with Crippen LogP contribution in [0.15, 0.2) is 12.8 Å². The molecule has 0 aromatic carbocycles. The zero-order valence-corrected chi connectivity index (χ0v) is 11.7. The van der Waals surface area contributed by atoms with Gasteiger partial charge in [0.2, 0.25) is 0 Å². The van der Waals surface area contributed by atoms with E-state index >= 15 is 0 Å². The highest BCUT2D eigenvalue weighted by atomic mass is 16.5. The zero-order valence-electron chi connectivity index (χ0n) is 11.7. The second-order valence-corrected chi connectivity index (χ2v) is 5.32. The molecule has 0 amide bonds. The van der Waals surface area contributed by atoms with Crippen LogP contribution in [0.2, 0.25) is 0 Å². The summed E-state index contributed by atoms with van der Waals surface area (Å²) in [5.41, 5.74) is 0. The Hall–Kier alpha value is -0.830. The molecule has 1 aliphatic carbocycles.